The molecule has 1 aromatic heterocycles. The molecule has 2 aliphatic carbocycles. The van der Waals surface area contributed by atoms with E-state index in [2.05, 4.69) is 10.4 Å². The average Bonchev–Trinajstić information content (AvgIpc) is 3.42. The maximum absolute atomic E-state index is 15.1. The molecule has 1 saturated carbocycles. The number of benzene rings is 2. The fourth-order valence-corrected chi connectivity index (χ4v) is 8.38. The van der Waals surface area contributed by atoms with Crippen molar-refractivity contribution >= 4 is 52.6 Å². The van der Waals surface area contributed by atoms with Crippen LogP contribution in [0.2, 0.25) is 10.0 Å². The van der Waals surface area contributed by atoms with Crippen molar-refractivity contribution in [2.75, 3.05) is 12.5 Å². The lowest BCUT2D eigenvalue weighted by molar-refractivity contribution is -0.173. The minimum absolute atomic E-state index is 0.0472. The molecule has 3 aromatic rings. The molecular formula is C33H25Cl2F3N4O7. The van der Waals surface area contributed by atoms with Gasteiger partial charge in [0.2, 0.25) is 0 Å². The van der Waals surface area contributed by atoms with Crippen LogP contribution >= 0.6 is 23.2 Å². The van der Waals surface area contributed by atoms with E-state index in [-0.39, 0.29) is 29.4 Å². The molecule has 6 atom stereocenters. The Labute approximate surface area is 285 Å². The van der Waals surface area contributed by atoms with E-state index in [0.717, 1.165) is 0 Å². The van der Waals surface area contributed by atoms with Crippen LogP contribution in [0.3, 0.4) is 0 Å². The highest BCUT2D eigenvalue weighted by Gasteiger charge is 2.70. The predicted molar refractivity (Wildman–Crippen MR) is 165 cm³/mol. The molecule has 4 amide bonds. The van der Waals surface area contributed by atoms with Crippen molar-refractivity contribution in [1.82, 2.24) is 15.1 Å². The molecule has 16 heteroatoms. The van der Waals surface area contributed by atoms with Gasteiger partial charge in [-0.15, -0.1) is 0 Å². The van der Waals surface area contributed by atoms with Gasteiger partial charge in [-0.1, -0.05) is 53.1 Å². The van der Waals surface area contributed by atoms with Gasteiger partial charge in [0.25, 0.3) is 23.6 Å². The Morgan fingerprint density at radius 3 is 2.37 bits per heavy atom. The summed E-state index contributed by atoms with van der Waals surface area (Å²) in [5, 5.41) is 21.3. The zero-order chi connectivity index (χ0) is 35.2. The van der Waals surface area contributed by atoms with Crippen molar-refractivity contribution in [2.45, 2.75) is 30.4 Å². The number of fused-ring (bicyclic) bond motifs is 4. The number of nitrogens with one attached hydrogen (secondary N) is 1. The van der Waals surface area contributed by atoms with E-state index in [1.807, 2.05) is 0 Å². The highest BCUT2D eigenvalue weighted by molar-refractivity contribution is 6.33. The summed E-state index contributed by atoms with van der Waals surface area (Å²) in [7, 11) is 1.35. The number of carbonyl (C=O) groups is 4. The molecule has 254 valence electrons. The molecule has 3 fully saturated rings. The number of nitrogens with zero attached hydrogens (tertiary/aromatic N) is 3. The number of ether oxygens (including phenoxy) is 1. The monoisotopic (exact) mass is 716 g/mol. The molecule has 2 aromatic carbocycles. The SMILES string of the molecule is COc1cc(O)ccc1[C@H]1C2=CC[C@@H]3C(=O)N(O)C(=O)[C@@H]3[C@@H]2C[C@H]2C(=O)N(Nc3ncc(C(F)(F)F)cc3Cl)C(=O)[C@@]12c1ccc(Cl)cc1. The van der Waals surface area contributed by atoms with Gasteiger partial charge in [0, 0.05) is 28.8 Å². The first-order valence-corrected chi connectivity index (χ1v) is 15.7. The molecule has 3 N–H and O–H groups in total. The summed E-state index contributed by atoms with van der Waals surface area (Å²) in [5.41, 5.74) is 0.841. The lowest BCUT2D eigenvalue weighted by Gasteiger charge is -2.50. The number of allylic oxidation sites excluding steroid dienone is 2. The van der Waals surface area contributed by atoms with Crippen LogP contribution in [0.25, 0.3) is 0 Å². The number of hydrazine groups is 1. The van der Waals surface area contributed by atoms with Crippen LogP contribution in [0.1, 0.15) is 35.4 Å². The molecule has 0 unspecified atom stereocenters. The van der Waals surface area contributed by atoms with Gasteiger partial charge in [-0.2, -0.15) is 23.2 Å². The standard InChI is InChI=1S/C33H25Cl2F3N4O7/c1-49-24-11-17(43)6-7-19(24)26-18-8-9-20-25(30(46)42(48)28(20)44)21(18)12-22-29(45)41(31(47)32(22,26)14-2-4-16(34)5-3-14)40-27-23(35)10-15(13-39-27)33(36,37)38/h2-8,10-11,13,20-22,25-26,43,48H,9,12H2,1H3,(H,39,40)/t20-,21+,22-,25-,26+,32+/m0/s1. The van der Waals surface area contributed by atoms with E-state index < -0.39 is 81.2 Å². The number of phenolic OH excluding ortho intramolecular Hbond substituents is 1. The van der Waals surface area contributed by atoms with Crippen molar-refractivity contribution in [2.24, 2.45) is 23.7 Å². The number of alkyl halides is 3. The number of anilines is 1. The van der Waals surface area contributed by atoms with Gasteiger partial charge in [-0.3, -0.25) is 29.8 Å². The smallest absolute Gasteiger partial charge is 0.417 e. The third-order valence-electron chi connectivity index (χ3n) is 10.1. The summed E-state index contributed by atoms with van der Waals surface area (Å²) in [6.07, 6.45) is -2.59. The molecule has 4 aliphatic rings. The lowest BCUT2D eigenvalue weighted by atomic mass is 9.49. The number of hydrogen-bond acceptors (Lipinski definition) is 9. The summed E-state index contributed by atoms with van der Waals surface area (Å²) in [4.78, 5) is 59.7. The van der Waals surface area contributed by atoms with Crippen LogP contribution in [-0.4, -0.2) is 56.1 Å². The van der Waals surface area contributed by atoms with Gasteiger partial charge in [0.15, 0.2) is 5.82 Å². The molecular weight excluding hydrogens is 692 g/mol. The minimum Gasteiger partial charge on any atom is -0.508 e. The number of carbonyl (C=O) groups excluding carboxylic acids is 4. The van der Waals surface area contributed by atoms with Crippen molar-refractivity contribution in [1.29, 1.82) is 0 Å². The highest BCUT2D eigenvalue weighted by Crippen LogP contribution is 2.65. The quantitative estimate of drug-likeness (QED) is 0.177. The normalized spacial score (nSPS) is 27.9. The number of imide groups is 2. The summed E-state index contributed by atoms with van der Waals surface area (Å²) >= 11 is 12.4. The first-order valence-electron chi connectivity index (χ1n) is 15.0. The van der Waals surface area contributed by atoms with E-state index >= 15 is 4.79 Å². The largest absolute Gasteiger partial charge is 0.508 e. The topological polar surface area (TPSA) is 149 Å². The Morgan fingerprint density at radius 1 is 1.00 bits per heavy atom. The van der Waals surface area contributed by atoms with Gasteiger partial charge in [0.05, 0.1) is 40.9 Å². The summed E-state index contributed by atoms with van der Waals surface area (Å²) in [5.74, 6) is -8.74. The molecule has 0 bridgehead atoms. The Balaban J connectivity index is 1.46. The number of aromatic nitrogens is 1. The van der Waals surface area contributed by atoms with Crippen LogP contribution in [-0.2, 0) is 30.8 Å². The third kappa shape index (κ3) is 4.79. The number of aromatic hydroxyl groups is 1. The van der Waals surface area contributed by atoms with E-state index in [0.29, 0.717) is 39.0 Å². The third-order valence-corrected chi connectivity index (χ3v) is 10.6. The van der Waals surface area contributed by atoms with Gasteiger partial charge >= 0.3 is 6.18 Å². The molecule has 0 radical (unpaired) electrons. The first-order chi connectivity index (χ1) is 23.2. The number of methoxy groups -OCH3 is 1. The average molecular weight is 717 g/mol. The van der Waals surface area contributed by atoms with E-state index in [1.54, 1.807) is 18.2 Å². The first kappa shape index (κ1) is 32.9. The van der Waals surface area contributed by atoms with Crippen LogP contribution in [0, 0.1) is 23.7 Å². The van der Waals surface area contributed by atoms with Gasteiger partial charge in [-0.25, -0.2) is 4.98 Å². The predicted octanol–water partition coefficient (Wildman–Crippen LogP) is 5.50. The van der Waals surface area contributed by atoms with Crippen LogP contribution in [0.5, 0.6) is 11.5 Å². The Bertz CT molecular complexity index is 1970. The highest BCUT2D eigenvalue weighted by atomic mass is 35.5. The zero-order valence-electron chi connectivity index (χ0n) is 25.2. The molecule has 7 rings (SSSR count). The molecule has 0 spiro atoms. The number of hydroxylamine groups is 2. The van der Waals surface area contributed by atoms with Crippen molar-refractivity contribution in [3.8, 4) is 11.5 Å². The molecule has 49 heavy (non-hydrogen) atoms. The molecule has 2 aliphatic heterocycles. The lowest BCUT2D eigenvalue weighted by Crippen LogP contribution is -2.53. The number of halogens is 5. The maximum atomic E-state index is 15.1. The zero-order valence-corrected chi connectivity index (χ0v) is 26.8. The second kappa shape index (κ2) is 11.5. The van der Waals surface area contributed by atoms with E-state index in [9.17, 15) is 37.9 Å². The minimum atomic E-state index is -4.76. The summed E-state index contributed by atoms with van der Waals surface area (Å²) in [6, 6.07) is 11.1. The van der Waals surface area contributed by atoms with Crippen molar-refractivity contribution in [3.63, 3.8) is 0 Å². The Hall–Kier alpha value is -4.66. The fraction of sp³-hybridized carbons (Fsp3) is 0.303. The summed E-state index contributed by atoms with van der Waals surface area (Å²) < 4.78 is 45.7. The fourth-order valence-electron chi connectivity index (χ4n) is 8.05. The van der Waals surface area contributed by atoms with E-state index in [4.69, 9.17) is 27.9 Å². The van der Waals surface area contributed by atoms with Gasteiger partial charge in [-0.05, 0) is 48.6 Å². The molecule has 3 heterocycles. The number of pyridine rings is 1. The van der Waals surface area contributed by atoms with Crippen molar-refractivity contribution in [3.05, 3.63) is 93.1 Å². The van der Waals surface area contributed by atoms with Crippen LogP contribution in [0.15, 0.2) is 66.4 Å². The molecule has 2 saturated heterocycles. The number of phenols is 1. The Morgan fingerprint density at radius 2 is 1.71 bits per heavy atom. The molecule has 11 nitrogen and oxygen atoms in total. The second-order valence-corrected chi connectivity index (χ2v) is 13.2. The Kier molecular flexibility index (Phi) is 7.69. The number of rotatable bonds is 5. The number of hydrogen-bond donors (Lipinski definition) is 3. The van der Waals surface area contributed by atoms with Gasteiger partial charge < -0.3 is 9.84 Å². The van der Waals surface area contributed by atoms with Crippen LogP contribution < -0.4 is 10.2 Å². The van der Waals surface area contributed by atoms with Crippen LogP contribution in [0.4, 0.5) is 19.0 Å². The van der Waals surface area contributed by atoms with Gasteiger partial charge in [0.1, 0.15) is 11.5 Å². The van der Waals surface area contributed by atoms with E-state index in [1.165, 1.54) is 37.4 Å². The van der Waals surface area contributed by atoms with Crippen molar-refractivity contribution < 1.29 is 47.4 Å². The summed E-state index contributed by atoms with van der Waals surface area (Å²) in [6.45, 7) is 0. The second-order valence-electron chi connectivity index (χ2n) is 12.3. The maximum Gasteiger partial charge on any atom is 0.417 e. The number of amides is 4.